The summed E-state index contributed by atoms with van der Waals surface area (Å²) in [4.78, 5) is 0. The minimum absolute atomic E-state index is 0.493. The van der Waals surface area contributed by atoms with Gasteiger partial charge >= 0.3 is 0 Å². The zero-order valence-electron chi connectivity index (χ0n) is 10.1. The van der Waals surface area contributed by atoms with Gasteiger partial charge in [0.05, 0.1) is 5.02 Å². The van der Waals surface area contributed by atoms with Gasteiger partial charge < -0.3 is 10.5 Å². The van der Waals surface area contributed by atoms with Crippen LogP contribution in [0.25, 0.3) is 10.1 Å². The molecule has 0 aliphatic heterocycles. The molecule has 1 heterocycles. The molecule has 4 heteroatoms. The van der Waals surface area contributed by atoms with Crippen LogP contribution >= 0.6 is 22.9 Å². The van der Waals surface area contributed by atoms with Gasteiger partial charge in [-0.1, -0.05) is 23.7 Å². The van der Waals surface area contributed by atoms with Crippen molar-refractivity contribution in [2.24, 2.45) is 0 Å². The van der Waals surface area contributed by atoms with E-state index in [-0.39, 0.29) is 0 Å². The topological polar surface area (TPSA) is 35.2 Å². The van der Waals surface area contributed by atoms with Crippen molar-refractivity contribution < 1.29 is 4.74 Å². The molecule has 0 unspecified atom stereocenters. The van der Waals surface area contributed by atoms with Gasteiger partial charge in [-0.05, 0) is 35.7 Å². The molecule has 96 valence electrons. The number of halogens is 1. The van der Waals surface area contributed by atoms with Gasteiger partial charge in [-0.15, -0.1) is 11.3 Å². The third-order valence-corrected chi connectivity index (χ3v) is 4.22. The Bertz CT molecular complexity index is 723. The molecule has 0 spiro atoms. The van der Waals surface area contributed by atoms with Crippen molar-refractivity contribution >= 4 is 38.7 Å². The second kappa shape index (κ2) is 5.11. The number of nitrogens with two attached hydrogens (primary N) is 1. The summed E-state index contributed by atoms with van der Waals surface area (Å²) in [5, 5.41) is 3.87. The Labute approximate surface area is 120 Å². The van der Waals surface area contributed by atoms with E-state index >= 15 is 0 Å². The Kier molecular flexibility index (Phi) is 3.32. The Morgan fingerprint density at radius 1 is 1.16 bits per heavy atom. The number of hydrogen-bond donors (Lipinski definition) is 1. The van der Waals surface area contributed by atoms with Crippen LogP contribution in [0.3, 0.4) is 0 Å². The fourth-order valence-corrected chi connectivity index (χ4v) is 3.05. The summed E-state index contributed by atoms with van der Waals surface area (Å²) in [6, 6.07) is 13.4. The molecule has 0 bridgehead atoms. The third-order valence-electron chi connectivity index (χ3n) is 2.90. The van der Waals surface area contributed by atoms with Crippen LogP contribution in [-0.2, 0) is 6.61 Å². The molecule has 0 atom stereocenters. The maximum absolute atomic E-state index is 6.07. The Hall–Kier alpha value is -1.71. The average Bonchev–Trinajstić information content (AvgIpc) is 2.80. The zero-order valence-corrected chi connectivity index (χ0v) is 11.7. The molecule has 2 aromatic carbocycles. The van der Waals surface area contributed by atoms with E-state index in [0.717, 1.165) is 16.6 Å². The minimum atomic E-state index is 0.493. The Balaban J connectivity index is 1.86. The van der Waals surface area contributed by atoms with Crippen molar-refractivity contribution in [3.05, 3.63) is 58.4 Å². The van der Waals surface area contributed by atoms with Gasteiger partial charge in [0.25, 0.3) is 0 Å². The van der Waals surface area contributed by atoms with Crippen LogP contribution < -0.4 is 10.5 Å². The largest absolute Gasteiger partial charge is 0.487 e. The van der Waals surface area contributed by atoms with Gasteiger partial charge in [0.15, 0.2) is 0 Å². The normalized spacial score (nSPS) is 10.8. The van der Waals surface area contributed by atoms with Gasteiger partial charge in [-0.25, -0.2) is 0 Å². The highest BCUT2D eigenvalue weighted by Crippen LogP contribution is 2.30. The molecule has 3 aromatic rings. The maximum Gasteiger partial charge on any atom is 0.138 e. The lowest BCUT2D eigenvalue weighted by Crippen LogP contribution is -1.95. The molecule has 0 radical (unpaired) electrons. The monoisotopic (exact) mass is 289 g/mol. The summed E-state index contributed by atoms with van der Waals surface area (Å²) < 4.78 is 6.98. The Morgan fingerprint density at radius 2 is 2.00 bits per heavy atom. The van der Waals surface area contributed by atoms with Crippen molar-refractivity contribution in [2.75, 3.05) is 5.73 Å². The van der Waals surface area contributed by atoms with Crippen LogP contribution in [0.2, 0.25) is 5.02 Å². The van der Waals surface area contributed by atoms with Crippen molar-refractivity contribution in [3.63, 3.8) is 0 Å². The standard InChI is InChI=1S/C15H12ClNOS/c16-13-3-1-2-4-14(13)18-8-10-9-19-15-6-5-11(17)7-12(10)15/h1-7,9H,8,17H2. The molecular formula is C15H12ClNOS. The second-order valence-electron chi connectivity index (χ2n) is 4.24. The summed E-state index contributed by atoms with van der Waals surface area (Å²) in [7, 11) is 0. The predicted molar refractivity (Wildman–Crippen MR) is 82.0 cm³/mol. The number of nitrogen functional groups attached to an aromatic ring is 1. The average molecular weight is 290 g/mol. The van der Waals surface area contributed by atoms with Crippen molar-refractivity contribution in [2.45, 2.75) is 6.61 Å². The van der Waals surface area contributed by atoms with Crippen LogP contribution in [0, 0.1) is 0 Å². The van der Waals surface area contributed by atoms with Gasteiger partial charge in [0, 0.05) is 21.3 Å². The van der Waals surface area contributed by atoms with E-state index in [0.29, 0.717) is 17.4 Å². The number of fused-ring (bicyclic) bond motifs is 1. The molecule has 2 nitrogen and oxygen atoms in total. The molecule has 19 heavy (non-hydrogen) atoms. The Morgan fingerprint density at radius 3 is 2.84 bits per heavy atom. The molecule has 0 amide bonds. The lowest BCUT2D eigenvalue weighted by atomic mass is 10.2. The van der Waals surface area contributed by atoms with E-state index in [1.54, 1.807) is 11.3 Å². The predicted octanol–water partition coefficient (Wildman–Crippen LogP) is 4.72. The minimum Gasteiger partial charge on any atom is -0.487 e. The lowest BCUT2D eigenvalue weighted by molar-refractivity contribution is 0.308. The first-order valence-corrected chi connectivity index (χ1v) is 7.13. The second-order valence-corrected chi connectivity index (χ2v) is 5.55. The van der Waals surface area contributed by atoms with Crippen LogP contribution in [0.5, 0.6) is 5.75 Å². The molecule has 0 fully saturated rings. The van der Waals surface area contributed by atoms with E-state index < -0.39 is 0 Å². The van der Waals surface area contributed by atoms with E-state index in [1.165, 1.54) is 4.70 Å². The van der Waals surface area contributed by atoms with Crippen molar-refractivity contribution in [3.8, 4) is 5.75 Å². The number of benzene rings is 2. The number of para-hydroxylation sites is 1. The number of rotatable bonds is 3. The fraction of sp³-hybridized carbons (Fsp3) is 0.0667. The van der Waals surface area contributed by atoms with Gasteiger partial charge in [0.1, 0.15) is 12.4 Å². The van der Waals surface area contributed by atoms with Crippen molar-refractivity contribution in [1.82, 2.24) is 0 Å². The molecular weight excluding hydrogens is 278 g/mol. The smallest absolute Gasteiger partial charge is 0.138 e. The molecule has 0 saturated carbocycles. The van der Waals surface area contributed by atoms with Gasteiger partial charge in [-0.3, -0.25) is 0 Å². The SMILES string of the molecule is Nc1ccc2scc(COc3ccccc3Cl)c2c1. The third kappa shape index (κ3) is 2.53. The number of thiophene rings is 1. The summed E-state index contributed by atoms with van der Waals surface area (Å²) in [6.07, 6.45) is 0. The maximum atomic E-state index is 6.07. The van der Waals surface area contributed by atoms with Crippen LogP contribution in [0.1, 0.15) is 5.56 Å². The number of ether oxygens (including phenoxy) is 1. The molecule has 2 N–H and O–H groups in total. The van der Waals surface area contributed by atoms with E-state index in [2.05, 4.69) is 5.38 Å². The molecule has 1 aromatic heterocycles. The zero-order chi connectivity index (χ0) is 13.2. The highest BCUT2D eigenvalue weighted by molar-refractivity contribution is 7.17. The molecule has 0 aliphatic rings. The number of anilines is 1. The van der Waals surface area contributed by atoms with Crippen LogP contribution in [0.15, 0.2) is 47.8 Å². The summed E-state index contributed by atoms with van der Waals surface area (Å²) in [5.41, 5.74) is 7.73. The summed E-state index contributed by atoms with van der Waals surface area (Å²) in [6.45, 7) is 0.493. The highest BCUT2D eigenvalue weighted by atomic mass is 35.5. The summed E-state index contributed by atoms with van der Waals surface area (Å²) in [5.74, 6) is 0.701. The molecule has 3 rings (SSSR count). The first kappa shape index (κ1) is 12.3. The van der Waals surface area contributed by atoms with Gasteiger partial charge in [0.2, 0.25) is 0 Å². The van der Waals surface area contributed by atoms with Crippen molar-refractivity contribution in [1.29, 1.82) is 0 Å². The van der Waals surface area contributed by atoms with Crippen LogP contribution in [0.4, 0.5) is 5.69 Å². The van der Waals surface area contributed by atoms with E-state index in [4.69, 9.17) is 22.1 Å². The first-order chi connectivity index (χ1) is 9.24. The highest BCUT2D eigenvalue weighted by Gasteiger charge is 2.06. The van der Waals surface area contributed by atoms with Crippen LogP contribution in [-0.4, -0.2) is 0 Å². The number of hydrogen-bond acceptors (Lipinski definition) is 3. The lowest BCUT2D eigenvalue weighted by Gasteiger charge is -2.07. The summed E-state index contributed by atoms with van der Waals surface area (Å²) >= 11 is 7.76. The quantitative estimate of drug-likeness (QED) is 0.708. The molecule has 0 saturated heterocycles. The van der Waals surface area contributed by atoms with Gasteiger partial charge in [-0.2, -0.15) is 0 Å². The van der Waals surface area contributed by atoms with E-state index in [9.17, 15) is 0 Å². The fourth-order valence-electron chi connectivity index (χ4n) is 1.93. The van der Waals surface area contributed by atoms with E-state index in [1.807, 2.05) is 42.5 Å². The molecule has 0 aliphatic carbocycles. The first-order valence-electron chi connectivity index (χ1n) is 5.87.